The summed E-state index contributed by atoms with van der Waals surface area (Å²) in [6.45, 7) is 6.91. The Morgan fingerprint density at radius 2 is 1.62 bits per heavy atom. The van der Waals surface area contributed by atoms with Gasteiger partial charge in [-0.05, 0) is 52.1 Å². The highest BCUT2D eigenvalue weighted by atomic mass is 32.2. The lowest BCUT2D eigenvalue weighted by Crippen LogP contribution is -2.38. The highest BCUT2D eigenvalue weighted by Crippen LogP contribution is 2.27. The summed E-state index contributed by atoms with van der Waals surface area (Å²) in [5.41, 5.74) is 2.10. The molecule has 1 aromatic heterocycles. The van der Waals surface area contributed by atoms with E-state index in [2.05, 4.69) is 52.8 Å². The average molecular weight is 452 g/mol. The lowest BCUT2D eigenvalue weighted by atomic mass is 10.2. The van der Waals surface area contributed by atoms with E-state index in [1.807, 2.05) is 67.3 Å². The minimum Gasteiger partial charge on any atom is -0.309 e. The van der Waals surface area contributed by atoms with Crippen molar-refractivity contribution in [1.29, 1.82) is 0 Å². The summed E-state index contributed by atoms with van der Waals surface area (Å²) in [7, 11) is 4.12. The van der Waals surface area contributed by atoms with Crippen molar-refractivity contribution >= 4 is 23.4 Å². The molecule has 0 spiro atoms. The van der Waals surface area contributed by atoms with E-state index >= 15 is 0 Å². The van der Waals surface area contributed by atoms with Gasteiger partial charge in [0.05, 0.1) is 18.3 Å². The smallest absolute Gasteiger partial charge is 0.237 e. The van der Waals surface area contributed by atoms with E-state index in [1.54, 1.807) is 0 Å². The highest BCUT2D eigenvalue weighted by Gasteiger charge is 2.24. The SMILES string of the molecule is CC[C@@H](c1nnc(SCC(=O)N(c2ccccc2)C(C)C)n1Cc1ccccc1)N(C)C. The van der Waals surface area contributed by atoms with Crippen molar-refractivity contribution in [3.05, 3.63) is 72.1 Å². The fourth-order valence-corrected chi connectivity index (χ4v) is 4.67. The molecule has 0 saturated carbocycles. The van der Waals surface area contributed by atoms with Gasteiger partial charge in [0.1, 0.15) is 0 Å². The van der Waals surface area contributed by atoms with Crippen LogP contribution in [0.15, 0.2) is 65.8 Å². The van der Waals surface area contributed by atoms with Gasteiger partial charge in [0, 0.05) is 11.7 Å². The third kappa shape index (κ3) is 5.78. The second-order valence-corrected chi connectivity index (χ2v) is 9.22. The van der Waals surface area contributed by atoms with Crippen LogP contribution < -0.4 is 4.90 Å². The number of carbonyl (C=O) groups is 1. The molecule has 32 heavy (non-hydrogen) atoms. The van der Waals surface area contributed by atoms with E-state index in [1.165, 1.54) is 17.3 Å². The zero-order valence-corrected chi connectivity index (χ0v) is 20.4. The molecule has 0 fully saturated rings. The average Bonchev–Trinajstić information content (AvgIpc) is 3.16. The number of hydrogen-bond acceptors (Lipinski definition) is 5. The Hall–Kier alpha value is -2.64. The third-order valence-electron chi connectivity index (χ3n) is 5.38. The predicted octanol–water partition coefficient (Wildman–Crippen LogP) is 4.87. The Morgan fingerprint density at radius 1 is 1.00 bits per heavy atom. The van der Waals surface area contributed by atoms with Crippen molar-refractivity contribution in [3.63, 3.8) is 0 Å². The van der Waals surface area contributed by atoms with Crippen molar-refractivity contribution in [3.8, 4) is 0 Å². The monoisotopic (exact) mass is 451 g/mol. The van der Waals surface area contributed by atoms with Crippen molar-refractivity contribution in [1.82, 2.24) is 19.7 Å². The fraction of sp³-hybridized carbons (Fsp3) is 0.400. The first-order valence-electron chi connectivity index (χ1n) is 11.1. The van der Waals surface area contributed by atoms with Crippen LogP contribution in [0.4, 0.5) is 5.69 Å². The van der Waals surface area contributed by atoms with Crippen LogP contribution in [0.1, 0.15) is 44.6 Å². The molecule has 1 amide bonds. The lowest BCUT2D eigenvalue weighted by Gasteiger charge is -2.27. The quantitative estimate of drug-likeness (QED) is 0.412. The third-order valence-corrected chi connectivity index (χ3v) is 6.33. The molecule has 170 valence electrons. The molecule has 3 aromatic rings. The van der Waals surface area contributed by atoms with Gasteiger partial charge in [0.2, 0.25) is 5.91 Å². The van der Waals surface area contributed by atoms with E-state index < -0.39 is 0 Å². The van der Waals surface area contributed by atoms with Gasteiger partial charge in [0.25, 0.3) is 0 Å². The van der Waals surface area contributed by atoms with Crippen LogP contribution in [0, 0.1) is 0 Å². The molecule has 0 aliphatic rings. The number of hydrogen-bond donors (Lipinski definition) is 0. The Kier molecular flexibility index (Phi) is 8.47. The Morgan fingerprint density at radius 3 is 2.19 bits per heavy atom. The van der Waals surface area contributed by atoms with Crippen LogP contribution in [-0.4, -0.2) is 51.5 Å². The summed E-state index contributed by atoms with van der Waals surface area (Å²) < 4.78 is 2.16. The van der Waals surface area contributed by atoms with Gasteiger partial charge in [0.15, 0.2) is 11.0 Å². The molecule has 6 nitrogen and oxygen atoms in total. The van der Waals surface area contributed by atoms with Gasteiger partial charge in [-0.25, -0.2) is 0 Å². The van der Waals surface area contributed by atoms with Gasteiger partial charge in [-0.2, -0.15) is 0 Å². The number of carbonyl (C=O) groups excluding carboxylic acids is 1. The minimum atomic E-state index is 0.0617. The zero-order valence-electron chi connectivity index (χ0n) is 19.6. The topological polar surface area (TPSA) is 54.3 Å². The van der Waals surface area contributed by atoms with Crippen LogP contribution in [0.3, 0.4) is 0 Å². The van der Waals surface area contributed by atoms with Gasteiger partial charge < -0.3 is 9.47 Å². The summed E-state index contributed by atoms with van der Waals surface area (Å²) >= 11 is 1.45. The van der Waals surface area contributed by atoms with Crippen molar-refractivity contribution < 1.29 is 4.79 Å². The Bertz CT molecular complexity index is 988. The van der Waals surface area contributed by atoms with E-state index in [9.17, 15) is 4.79 Å². The van der Waals surface area contributed by atoms with E-state index in [-0.39, 0.29) is 18.0 Å². The van der Waals surface area contributed by atoms with Gasteiger partial charge in [-0.1, -0.05) is 67.2 Å². The maximum Gasteiger partial charge on any atom is 0.237 e. The molecule has 0 unspecified atom stereocenters. The normalized spacial score (nSPS) is 12.3. The molecule has 1 atom stereocenters. The van der Waals surface area contributed by atoms with E-state index in [4.69, 9.17) is 0 Å². The maximum atomic E-state index is 13.2. The van der Waals surface area contributed by atoms with Crippen LogP contribution >= 0.6 is 11.8 Å². The van der Waals surface area contributed by atoms with Crippen LogP contribution in [0.25, 0.3) is 0 Å². The van der Waals surface area contributed by atoms with Crippen molar-refractivity contribution in [2.24, 2.45) is 0 Å². The summed E-state index contributed by atoms with van der Waals surface area (Å²) in [6.07, 6.45) is 0.929. The number of anilines is 1. The minimum absolute atomic E-state index is 0.0617. The number of benzene rings is 2. The maximum absolute atomic E-state index is 13.2. The Balaban J connectivity index is 1.85. The number of aromatic nitrogens is 3. The molecule has 0 saturated heterocycles. The molecular formula is C25H33N5OS. The second-order valence-electron chi connectivity index (χ2n) is 8.28. The number of rotatable bonds is 10. The molecule has 0 N–H and O–H groups in total. The lowest BCUT2D eigenvalue weighted by molar-refractivity contribution is -0.116. The first kappa shape index (κ1) is 24.0. The molecule has 0 bridgehead atoms. The first-order valence-corrected chi connectivity index (χ1v) is 12.0. The van der Waals surface area contributed by atoms with Crippen molar-refractivity contribution in [2.45, 2.75) is 51.0 Å². The molecule has 2 aromatic carbocycles. The van der Waals surface area contributed by atoms with E-state index in [0.717, 1.165) is 23.1 Å². The van der Waals surface area contributed by atoms with Gasteiger partial charge in [-0.15, -0.1) is 10.2 Å². The number of thioether (sulfide) groups is 1. The molecule has 3 rings (SSSR count). The van der Waals surface area contributed by atoms with Crippen molar-refractivity contribution in [2.75, 3.05) is 24.7 Å². The summed E-state index contributed by atoms with van der Waals surface area (Å²) in [5, 5.41) is 9.81. The van der Waals surface area contributed by atoms with Crippen LogP contribution in [-0.2, 0) is 11.3 Å². The predicted molar refractivity (Wildman–Crippen MR) is 132 cm³/mol. The standard InChI is InChI=1S/C25H33N5OS/c1-6-22(28(4)5)24-26-27-25(29(24)17-20-13-9-7-10-14-20)32-18-23(31)30(19(2)3)21-15-11-8-12-16-21/h7-16,19,22H,6,17-18H2,1-5H3/t22-/m0/s1. The first-order chi connectivity index (χ1) is 15.4. The highest BCUT2D eigenvalue weighted by molar-refractivity contribution is 7.99. The van der Waals surface area contributed by atoms with Crippen LogP contribution in [0.2, 0.25) is 0 Å². The van der Waals surface area contributed by atoms with Gasteiger partial charge in [-0.3, -0.25) is 9.69 Å². The Labute approximate surface area is 195 Å². The summed E-state index contributed by atoms with van der Waals surface area (Å²) in [5.74, 6) is 1.30. The number of para-hydroxylation sites is 1. The molecule has 0 aliphatic carbocycles. The summed E-state index contributed by atoms with van der Waals surface area (Å²) in [4.78, 5) is 17.2. The summed E-state index contributed by atoms with van der Waals surface area (Å²) in [6, 6.07) is 20.4. The van der Waals surface area contributed by atoms with Gasteiger partial charge >= 0.3 is 0 Å². The van der Waals surface area contributed by atoms with E-state index in [0.29, 0.717) is 12.3 Å². The number of amides is 1. The molecule has 0 aliphatic heterocycles. The number of nitrogens with zero attached hydrogens (tertiary/aromatic N) is 5. The zero-order chi connectivity index (χ0) is 23.1. The van der Waals surface area contributed by atoms with Crippen LogP contribution in [0.5, 0.6) is 0 Å². The second kappa shape index (κ2) is 11.3. The molecular weight excluding hydrogens is 418 g/mol. The molecule has 0 radical (unpaired) electrons. The molecule has 7 heteroatoms. The largest absolute Gasteiger partial charge is 0.309 e. The molecule has 1 heterocycles. The fourth-order valence-electron chi connectivity index (χ4n) is 3.86.